The second-order valence-corrected chi connectivity index (χ2v) is 7.87. The largest absolute Gasteiger partial charge is 0.483 e. The summed E-state index contributed by atoms with van der Waals surface area (Å²) in [6.45, 7) is 3.95. The highest BCUT2D eigenvalue weighted by Crippen LogP contribution is 2.27. The highest BCUT2D eigenvalue weighted by atomic mass is 19.2. The maximum atomic E-state index is 13.7. The Morgan fingerprint density at radius 2 is 1.65 bits per heavy atom. The van der Waals surface area contributed by atoms with E-state index in [1.165, 1.54) is 35.1 Å². The molecule has 3 aromatic rings. The van der Waals surface area contributed by atoms with Gasteiger partial charge in [0.1, 0.15) is 12.3 Å². The van der Waals surface area contributed by atoms with Crippen molar-refractivity contribution in [1.82, 2.24) is 15.1 Å². The maximum Gasteiger partial charge on any atom is 0.271 e. The van der Waals surface area contributed by atoms with Gasteiger partial charge in [0, 0.05) is 25.2 Å². The molecule has 0 radical (unpaired) electrons. The van der Waals surface area contributed by atoms with Gasteiger partial charge in [0.15, 0.2) is 17.4 Å². The number of aryl methyl sites for hydroxylation is 1. The molecular formula is C23H22F4N4O3. The third kappa shape index (κ3) is 5.53. The van der Waals surface area contributed by atoms with Crippen molar-refractivity contribution in [3.05, 3.63) is 76.6 Å². The number of hydrogen-bond donors (Lipinski definition) is 2. The first-order valence-corrected chi connectivity index (χ1v) is 10.2. The summed E-state index contributed by atoms with van der Waals surface area (Å²) in [4.78, 5) is 25.1. The van der Waals surface area contributed by atoms with Crippen LogP contribution in [0, 0.1) is 29.2 Å². The van der Waals surface area contributed by atoms with Crippen LogP contribution in [0.2, 0.25) is 0 Å². The summed E-state index contributed by atoms with van der Waals surface area (Å²) in [7, 11) is 1.57. The lowest BCUT2D eigenvalue weighted by atomic mass is 10.1. The SMILES string of the molecule is CC(C)CNC(=O)c1c(NC(=O)c2ccc(COc3c(F)c(F)cc(F)c3F)cc2)cnn1C. The molecule has 0 aliphatic rings. The van der Waals surface area contributed by atoms with Gasteiger partial charge in [0.2, 0.25) is 11.6 Å². The molecule has 1 aromatic heterocycles. The topological polar surface area (TPSA) is 85.2 Å². The van der Waals surface area contributed by atoms with Crippen molar-refractivity contribution < 1.29 is 31.9 Å². The summed E-state index contributed by atoms with van der Waals surface area (Å²) < 4.78 is 60.2. The van der Waals surface area contributed by atoms with Crippen LogP contribution in [0.4, 0.5) is 23.2 Å². The second kappa shape index (κ2) is 10.4. The zero-order valence-corrected chi connectivity index (χ0v) is 18.6. The third-order valence-electron chi connectivity index (χ3n) is 4.74. The Balaban J connectivity index is 1.67. The molecule has 0 unspecified atom stereocenters. The summed E-state index contributed by atoms with van der Waals surface area (Å²) in [6, 6.07) is 5.82. The van der Waals surface area contributed by atoms with Gasteiger partial charge in [-0.3, -0.25) is 14.3 Å². The first-order chi connectivity index (χ1) is 16.1. The molecule has 34 heavy (non-hydrogen) atoms. The number of benzene rings is 2. The normalized spacial score (nSPS) is 10.9. The number of nitrogens with zero attached hydrogens (tertiary/aromatic N) is 2. The summed E-state index contributed by atoms with van der Waals surface area (Å²) in [5.74, 6) is -8.27. The Morgan fingerprint density at radius 3 is 2.24 bits per heavy atom. The highest BCUT2D eigenvalue weighted by Gasteiger charge is 2.21. The zero-order valence-electron chi connectivity index (χ0n) is 18.6. The van der Waals surface area contributed by atoms with Crippen LogP contribution < -0.4 is 15.4 Å². The van der Waals surface area contributed by atoms with Crippen molar-refractivity contribution in [2.24, 2.45) is 13.0 Å². The van der Waals surface area contributed by atoms with Gasteiger partial charge in [-0.25, -0.2) is 8.78 Å². The molecule has 0 aliphatic heterocycles. The molecule has 2 amide bonds. The van der Waals surface area contributed by atoms with Crippen LogP contribution in [0.3, 0.4) is 0 Å². The Morgan fingerprint density at radius 1 is 1.03 bits per heavy atom. The average molecular weight is 478 g/mol. The molecule has 2 aromatic carbocycles. The molecule has 0 bridgehead atoms. The number of hydrogen-bond acceptors (Lipinski definition) is 4. The standard InChI is InChI=1S/C23H22F4N4O3/c1-12(2)9-28-23(33)20-17(10-29-31(20)3)30-22(32)14-6-4-13(5-7-14)11-34-21-18(26)15(24)8-16(25)19(21)27/h4-8,10,12H,9,11H2,1-3H3,(H,28,33)(H,30,32). The predicted octanol–water partition coefficient (Wildman–Crippen LogP) is 4.19. The number of anilines is 1. The monoisotopic (exact) mass is 478 g/mol. The van der Waals surface area contributed by atoms with Gasteiger partial charge in [0.05, 0.1) is 11.9 Å². The number of aromatic nitrogens is 2. The number of rotatable bonds is 8. The van der Waals surface area contributed by atoms with Crippen LogP contribution in [0.1, 0.15) is 40.3 Å². The fourth-order valence-electron chi connectivity index (χ4n) is 2.96. The van der Waals surface area contributed by atoms with Gasteiger partial charge >= 0.3 is 0 Å². The van der Waals surface area contributed by atoms with Crippen LogP contribution in [0.15, 0.2) is 36.5 Å². The van der Waals surface area contributed by atoms with E-state index in [1.54, 1.807) is 7.05 Å². The number of carbonyl (C=O) groups is 2. The Labute approximate surface area is 192 Å². The minimum Gasteiger partial charge on any atom is -0.483 e. The molecular weight excluding hydrogens is 456 g/mol. The van der Waals surface area contributed by atoms with Gasteiger partial charge in [-0.1, -0.05) is 26.0 Å². The summed E-state index contributed by atoms with van der Waals surface area (Å²) >= 11 is 0. The number of halogens is 4. The van der Waals surface area contributed by atoms with E-state index in [0.29, 0.717) is 12.1 Å². The molecule has 0 spiro atoms. The maximum absolute atomic E-state index is 13.7. The molecule has 0 fully saturated rings. The van der Waals surface area contributed by atoms with E-state index in [2.05, 4.69) is 15.7 Å². The van der Waals surface area contributed by atoms with Crippen LogP contribution in [0.25, 0.3) is 0 Å². The van der Waals surface area contributed by atoms with Crippen molar-refractivity contribution in [1.29, 1.82) is 0 Å². The fraction of sp³-hybridized carbons (Fsp3) is 0.261. The molecule has 0 saturated heterocycles. The Bertz CT molecular complexity index is 1180. The minimum atomic E-state index is -1.64. The minimum absolute atomic E-state index is 0.0898. The second-order valence-electron chi connectivity index (χ2n) is 7.87. The molecule has 7 nitrogen and oxygen atoms in total. The third-order valence-corrected chi connectivity index (χ3v) is 4.74. The van der Waals surface area contributed by atoms with Gasteiger partial charge in [-0.05, 0) is 23.6 Å². The molecule has 0 saturated carbocycles. The van der Waals surface area contributed by atoms with Crippen LogP contribution in [-0.2, 0) is 13.7 Å². The van der Waals surface area contributed by atoms with Crippen molar-refractivity contribution in [2.45, 2.75) is 20.5 Å². The predicted molar refractivity (Wildman–Crippen MR) is 115 cm³/mol. The van der Waals surface area contributed by atoms with Crippen molar-refractivity contribution in [3.63, 3.8) is 0 Å². The van der Waals surface area contributed by atoms with Gasteiger partial charge in [-0.15, -0.1) is 0 Å². The fourth-order valence-corrected chi connectivity index (χ4v) is 2.96. The van der Waals surface area contributed by atoms with E-state index in [1.807, 2.05) is 13.8 Å². The molecule has 2 N–H and O–H groups in total. The molecule has 0 aliphatic carbocycles. The average Bonchev–Trinajstić information content (AvgIpc) is 3.16. The van der Waals surface area contributed by atoms with E-state index >= 15 is 0 Å². The molecule has 11 heteroatoms. The molecule has 1 heterocycles. The number of amides is 2. The lowest BCUT2D eigenvalue weighted by Gasteiger charge is -2.11. The quantitative estimate of drug-likeness (QED) is 0.376. The smallest absolute Gasteiger partial charge is 0.271 e. The highest BCUT2D eigenvalue weighted by molar-refractivity contribution is 6.08. The van der Waals surface area contributed by atoms with Gasteiger partial charge < -0.3 is 15.4 Å². The van der Waals surface area contributed by atoms with Crippen LogP contribution in [0.5, 0.6) is 5.75 Å². The van der Waals surface area contributed by atoms with E-state index in [4.69, 9.17) is 4.74 Å². The van der Waals surface area contributed by atoms with E-state index in [0.717, 1.165) is 0 Å². The lowest BCUT2D eigenvalue weighted by Crippen LogP contribution is -2.30. The van der Waals surface area contributed by atoms with Crippen LogP contribution >= 0.6 is 0 Å². The molecule has 3 rings (SSSR count). The zero-order chi connectivity index (χ0) is 25.0. The Kier molecular flexibility index (Phi) is 7.54. The number of ether oxygens (including phenoxy) is 1. The van der Waals surface area contributed by atoms with Crippen LogP contribution in [-0.4, -0.2) is 28.1 Å². The molecule has 180 valence electrons. The van der Waals surface area contributed by atoms with E-state index in [9.17, 15) is 27.2 Å². The first-order valence-electron chi connectivity index (χ1n) is 10.2. The van der Waals surface area contributed by atoms with Crippen molar-refractivity contribution in [3.8, 4) is 5.75 Å². The molecule has 0 atom stereocenters. The summed E-state index contributed by atoms with van der Waals surface area (Å²) in [5.41, 5.74) is 1.01. The van der Waals surface area contributed by atoms with E-state index in [-0.39, 0.29) is 34.8 Å². The van der Waals surface area contributed by atoms with Crippen molar-refractivity contribution in [2.75, 3.05) is 11.9 Å². The number of nitrogens with one attached hydrogen (secondary N) is 2. The van der Waals surface area contributed by atoms with Gasteiger partial charge in [-0.2, -0.15) is 13.9 Å². The van der Waals surface area contributed by atoms with E-state index < -0.39 is 41.5 Å². The first kappa shape index (κ1) is 24.7. The lowest BCUT2D eigenvalue weighted by molar-refractivity contribution is 0.0940. The Hall–Kier alpha value is -3.89. The van der Waals surface area contributed by atoms with Crippen molar-refractivity contribution >= 4 is 17.5 Å². The summed E-state index contributed by atoms with van der Waals surface area (Å²) in [5, 5.41) is 9.40. The van der Waals surface area contributed by atoms with Gasteiger partial charge in [0.25, 0.3) is 11.8 Å². The summed E-state index contributed by atoms with van der Waals surface area (Å²) in [6.07, 6.45) is 1.35. The number of carbonyl (C=O) groups excluding carboxylic acids is 2.